The number of pyridine rings is 3. The third-order valence-corrected chi connectivity index (χ3v) is 4.85. The van der Waals surface area contributed by atoms with Gasteiger partial charge < -0.3 is 20.1 Å². The maximum Gasteiger partial charge on any atom is 0.213 e. The van der Waals surface area contributed by atoms with Crippen molar-refractivity contribution in [3.8, 4) is 17.0 Å². The van der Waals surface area contributed by atoms with Crippen LogP contribution in [0.15, 0.2) is 42.7 Å². The highest BCUT2D eigenvalue weighted by atomic mass is 16.5. The van der Waals surface area contributed by atoms with Crippen LogP contribution in [0.3, 0.4) is 0 Å². The molecule has 0 atom stereocenters. The standard InChI is InChI=1S/C21H22N6O2/c1-28-19-12-14(3-6-24-19)16-13-18(27-8-10-29-11-9-27)26-20-15(16)4-7-25-21(20)17(23)2-5-22/h2-7,12-13,22H,8-11,23H2,1H3/p+1/b17-2-,22-5?. The molecule has 0 spiro atoms. The summed E-state index contributed by atoms with van der Waals surface area (Å²) in [6, 6.07) is 7.88. The Labute approximate surface area is 168 Å². The van der Waals surface area contributed by atoms with Crippen LogP contribution in [0.25, 0.3) is 27.7 Å². The van der Waals surface area contributed by atoms with Crippen molar-refractivity contribution in [3.63, 3.8) is 0 Å². The molecule has 0 aliphatic carbocycles. The van der Waals surface area contributed by atoms with Crippen LogP contribution in [0.1, 0.15) is 5.69 Å². The van der Waals surface area contributed by atoms with Crippen molar-refractivity contribution < 1.29 is 14.9 Å². The Morgan fingerprint density at radius 2 is 2.00 bits per heavy atom. The zero-order valence-corrected chi connectivity index (χ0v) is 16.2. The third kappa shape index (κ3) is 3.74. The molecule has 0 unspecified atom stereocenters. The van der Waals surface area contributed by atoms with E-state index in [0.29, 0.717) is 30.5 Å². The average Bonchev–Trinajstić information content (AvgIpc) is 2.78. The van der Waals surface area contributed by atoms with E-state index in [9.17, 15) is 0 Å². The van der Waals surface area contributed by atoms with Crippen LogP contribution in [0, 0.1) is 0 Å². The van der Waals surface area contributed by atoms with Crippen LogP contribution >= 0.6 is 0 Å². The summed E-state index contributed by atoms with van der Waals surface area (Å²) in [5, 5.41) is 6.48. The number of methoxy groups -OCH3 is 1. The van der Waals surface area contributed by atoms with Crippen LogP contribution < -0.4 is 20.8 Å². The van der Waals surface area contributed by atoms with Gasteiger partial charge in [0.05, 0.1) is 26.0 Å². The quantitative estimate of drug-likeness (QED) is 0.615. The topological polar surface area (TPSA) is 112 Å². The molecular weight excluding hydrogens is 368 g/mol. The fraction of sp³-hybridized carbons (Fsp3) is 0.238. The van der Waals surface area contributed by atoms with Gasteiger partial charge in [0.2, 0.25) is 5.88 Å². The minimum absolute atomic E-state index is 0.461. The highest BCUT2D eigenvalue weighted by molar-refractivity contribution is 6.01. The molecule has 0 aromatic carbocycles. The molecule has 1 aliphatic rings. The summed E-state index contributed by atoms with van der Waals surface area (Å²) in [7, 11) is 1.60. The summed E-state index contributed by atoms with van der Waals surface area (Å²) in [5.74, 6) is 1.40. The second kappa shape index (κ2) is 8.24. The lowest BCUT2D eigenvalue weighted by molar-refractivity contribution is -0.104. The van der Waals surface area contributed by atoms with E-state index in [4.69, 9.17) is 25.6 Å². The summed E-state index contributed by atoms with van der Waals surface area (Å²) < 4.78 is 10.8. The second-order valence-electron chi connectivity index (χ2n) is 6.58. The van der Waals surface area contributed by atoms with E-state index in [1.807, 2.05) is 18.2 Å². The number of hydrogen-bond acceptors (Lipinski definition) is 7. The maximum atomic E-state index is 6.22. The van der Waals surface area contributed by atoms with E-state index in [1.165, 1.54) is 6.21 Å². The molecule has 1 fully saturated rings. The maximum absolute atomic E-state index is 6.22. The van der Waals surface area contributed by atoms with Gasteiger partial charge in [-0.15, -0.1) is 0 Å². The van der Waals surface area contributed by atoms with Gasteiger partial charge in [-0.05, 0) is 29.3 Å². The monoisotopic (exact) mass is 391 g/mol. The number of rotatable bonds is 5. The molecule has 8 nitrogen and oxygen atoms in total. The molecule has 0 amide bonds. The Balaban J connectivity index is 1.98. The van der Waals surface area contributed by atoms with Crippen LogP contribution in [-0.4, -0.2) is 54.6 Å². The van der Waals surface area contributed by atoms with Gasteiger partial charge in [0, 0.05) is 43.0 Å². The first-order valence-electron chi connectivity index (χ1n) is 9.35. The fourth-order valence-electron chi connectivity index (χ4n) is 3.41. The molecule has 0 saturated carbocycles. The molecule has 0 radical (unpaired) electrons. The number of ether oxygens (including phenoxy) is 2. The van der Waals surface area contributed by atoms with Crippen molar-refractivity contribution in [2.75, 3.05) is 38.3 Å². The highest BCUT2D eigenvalue weighted by Gasteiger charge is 2.18. The third-order valence-electron chi connectivity index (χ3n) is 4.85. The number of aromatic nitrogens is 3. The molecule has 4 heterocycles. The number of allylic oxidation sites excluding steroid dienone is 1. The zero-order valence-electron chi connectivity index (χ0n) is 16.2. The first kappa shape index (κ1) is 18.8. The molecule has 8 heteroatoms. The first-order chi connectivity index (χ1) is 14.2. The lowest BCUT2D eigenvalue weighted by Gasteiger charge is -2.28. The predicted octanol–water partition coefficient (Wildman–Crippen LogP) is 0.667. The summed E-state index contributed by atoms with van der Waals surface area (Å²) in [6.45, 7) is 2.88. The molecule has 1 saturated heterocycles. The summed E-state index contributed by atoms with van der Waals surface area (Å²) in [4.78, 5) is 15.8. The van der Waals surface area contributed by atoms with Crippen LogP contribution in [0.2, 0.25) is 0 Å². The van der Waals surface area contributed by atoms with Gasteiger partial charge in [-0.3, -0.25) is 10.4 Å². The first-order valence-corrected chi connectivity index (χ1v) is 9.35. The highest BCUT2D eigenvalue weighted by Crippen LogP contribution is 2.34. The van der Waals surface area contributed by atoms with Crippen molar-refractivity contribution in [1.29, 1.82) is 0 Å². The minimum atomic E-state index is 0.461. The van der Waals surface area contributed by atoms with Crippen LogP contribution in [-0.2, 0) is 4.74 Å². The van der Waals surface area contributed by atoms with E-state index in [1.54, 1.807) is 25.6 Å². The molecule has 0 bridgehead atoms. The number of anilines is 1. The lowest BCUT2D eigenvalue weighted by Crippen LogP contribution is -2.36. The van der Waals surface area contributed by atoms with Gasteiger partial charge in [0.25, 0.3) is 0 Å². The van der Waals surface area contributed by atoms with E-state index in [2.05, 4.69) is 20.9 Å². The number of morpholine rings is 1. The van der Waals surface area contributed by atoms with E-state index >= 15 is 0 Å². The Hall–Kier alpha value is -3.52. The van der Waals surface area contributed by atoms with Crippen LogP contribution in [0.5, 0.6) is 5.88 Å². The molecule has 4 N–H and O–H groups in total. The van der Waals surface area contributed by atoms with E-state index < -0.39 is 0 Å². The van der Waals surface area contributed by atoms with Gasteiger partial charge in [-0.25, -0.2) is 9.97 Å². The Morgan fingerprint density at radius 1 is 1.21 bits per heavy atom. The fourth-order valence-corrected chi connectivity index (χ4v) is 3.41. The molecule has 4 rings (SSSR count). The second-order valence-corrected chi connectivity index (χ2v) is 6.58. The van der Waals surface area contributed by atoms with Crippen molar-refractivity contribution in [2.45, 2.75) is 0 Å². The smallest absolute Gasteiger partial charge is 0.213 e. The molecule has 148 valence electrons. The van der Waals surface area contributed by atoms with Gasteiger partial charge >= 0.3 is 0 Å². The minimum Gasteiger partial charge on any atom is -0.481 e. The van der Waals surface area contributed by atoms with Crippen molar-refractivity contribution in [1.82, 2.24) is 15.0 Å². The molecule has 3 aromatic rings. The van der Waals surface area contributed by atoms with Gasteiger partial charge in [-0.1, -0.05) is 0 Å². The van der Waals surface area contributed by atoms with E-state index in [0.717, 1.165) is 40.9 Å². The Morgan fingerprint density at radius 3 is 2.76 bits per heavy atom. The molecule has 3 aromatic heterocycles. The number of fused-ring (bicyclic) bond motifs is 1. The van der Waals surface area contributed by atoms with Crippen LogP contribution in [0.4, 0.5) is 5.82 Å². The van der Waals surface area contributed by atoms with Crippen molar-refractivity contribution in [3.05, 3.63) is 48.4 Å². The number of nitrogens with zero attached hydrogens (tertiary/aromatic N) is 4. The SMILES string of the molecule is COc1cc(-c2cc(N3CCOCC3)nc3c(/C(N)=C/C=[NH2+])nccc23)ccn1. The summed E-state index contributed by atoms with van der Waals surface area (Å²) in [6.07, 6.45) is 6.48. The van der Waals surface area contributed by atoms with Gasteiger partial charge in [0.1, 0.15) is 17.0 Å². The number of hydrogen-bond donors (Lipinski definition) is 2. The predicted molar refractivity (Wildman–Crippen MR) is 113 cm³/mol. The summed E-state index contributed by atoms with van der Waals surface area (Å²) >= 11 is 0. The Kier molecular flexibility index (Phi) is 5.35. The Bertz CT molecular complexity index is 1080. The number of nitrogens with two attached hydrogens (primary N) is 2. The lowest BCUT2D eigenvalue weighted by atomic mass is 10.0. The van der Waals surface area contributed by atoms with Gasteiger partial charge in [-0.2, -0.15) is 0 Å². The molecule has 1 aliphatic heterocycles. The average molecular weight is 391 g/mol. The van der Waals surface area contributed by atoms with E-state index in [-0.39, 0.29) is 0 Å². The largest absolute Gasteiger partial charge is 0.481 e. The van der Waals surface area contributed by atoms with Crippen molar-refractivity contribution >= 4 is 28.6 Å². The zero-order chi connectivity index (χ0) is 20.2. The molecular formula is C21H23N6O2+. The normalized spacial score (nSPS) is 14.8. The van der Waals surface area contributed by atoms with Gasteiger partial charge in [0.15, 0.2) is 6.21 Å². The van der Waals surface area contributed by atoms with Crippen molar-refractivity contribution in [2.24, 2.45) is 5.73 Å². The molecule has 29 heavy (non-hydrogen) atoms. The summed E-state index contributed by atoms with van der Waals surface area (Å²) in [5.41, 5.74) is 9.98.